The standard InChI is InChI=1S/C20H22N2O5S/c23-19(21-13-11-17-7-3-1-4-8-17)16-27-20(24)15-22-28(25,26)14-12-18-9-5-2-6-10-18/h1-10,12,14,22H,11,13,15-16H2,(H,21,23)/b14-12+. The molecule has 8 heteroatoms. The van der Waals surface area contributed by atoms with Crippen LogP contribution >= 0.6 is 0 Å². The van der Waals surface area contributed by atoms with Crippen LogP contribution in [0, 0.1) is 0 Å². The summed E-state index contributed by atoms with van der Waals surface area (Å²) in [5.41, 5.74) is 1.79. The summed E-state index contributed by atoms with van der Waals surface area (Å²) in [6.45, 7) is -0.606. The number of amides is 1. The Bertz CT molecular complexity index is 897. The second-order valence-electron chi connectivity index (χ2n) is 5.83. The van der Waals surface area contributed by atoms with E-state index >= 15 is 0 Å². The minimum absolute atomic E-state index is 0.414. The monoisotopic (exact) mass is 402 g/mol. The molecule has 0 saturated heterocycles. The summed E-state index contributed by atoms with van der Waals surface area (Å²) in [7, 11) is -3.79. The van der Waals surface area contributed by atoms with E-state index in [9.17, 15) is 18.0 Å². The number of hydrogen-bond acceptors (Lipinski definition) is 5. The van der Waals surface area contributed by atoms with Crippen LogP contribution in [0.1, 0.15) is 11.1 Å². The molecular weight excluding hydrogens is 380 g/mol. The number of esters is 1. The number of nitrogens with one attached hydrogen (secondary N) is 2. The molecule has 0 aromatic heterocycles. The predicted octanol–water partition coefficient (Wildman–Crippen LogP) is 1.48. The molecule has 0 radical (unpaired) electrons. The smallest absolute Gasteiger partial charge is 0.321 e. The number of ether oxygens (including phenoxy) is 1. The fourth-order valence-electron chi connectivity index (χ4n) is 2.18. The topological polar surface area (TPSA) is 102 Å². The Balaban J connectivity index is 1.64. The molecular formula is C20H22N2O5S. The first-order chi connectivity index (χ1) is 13.4. The maximum absolute atomic E-state index is 11.8. The van der Waals surface area contributed by atoms with Gasteiger partial charge in [0.15, 0.2) is 6.61 Å². The molecule has 0 aliphatic carbocycles. The Hall–Kier alpha value is -2.97. The maximum atomic E-state index is 11.8. The third-order valence-electron chi connectivity index (χ3n) is 3.60. The van der Waals surface area contributed by atoms with Crippen molar-refractivity contribution in [3.8, 4) is 0 Å². The first kappa shape index (κ1) is 21.3. The summed E-state index contributed by atoms with van der Waals surface area (Å²) in [5.74, 6) is -1.29. The Morgan fingerprint density at radius 1 is 0.964 bits per heavy atom. The van der Waals surface area contributed by atoms with Crippen molar-refractivity contribution in [2.45, 2.75) is 6.42 Å². The fourth-order valence-corrected chi connectivity index (χ4v) is 2.93. The molecule has 0 atom stereocenters. The largest absolute Gasteiger partial charge is 0.455 e. The molecule has 28 heavy (non-hydrogen) atoms. The highest BCUT2D eigenvalue weighted by Crippen LogP contribution is 2.02. The van der Waals surface area contributed by atoms with Gasteiger partial charge in [-0.15, -0.1) is 0 Å². The molecule has 1 amide bonds. The van der Waals surface area contributed by atoms with E-state index in [0.717, 1.165) is 11.0 Å². The summed E-state index contributed by atoms with van der Waals surface area (Å²) in [4.78, 5) is 23.3. The van der Waals surface area contributed by atoms with Gasteiger partial charge in [-0.25, -0.2) is 13.1 Å². The second kappa shape index (κ2) is 11.0. The molecule has 0 unspecified atom stereocenters. The lowest BCUT2D eigenvalue weighted by Crippen LogP contribution is -2.34. The molecule has 7 nitrogen and oxygen atoms in total. The van der Waals surface area contributed by atoms with Gasteiger partial charge in [0.25, 0.3) is 5.91 Å². The number of carbonyl (C=O) groups is 2. The molecule has 2 rings (SSSR count). The van der Waals surface area contributed by atoms with E-state index in [1.807, 2.05) is 36.4 Å². The highest BCUT2D eigenvalue weighted by Gasteiger charge is 2.11. The highest BCUT2D eigenvalue weighted by atomic mass is 32.2. The molecule has 2 aromatic carbocycles. The third kappa shape index (κ3) is 8.61. The van der Waals surface area contributed by atoms with Crippen LogP contribution in [-0.2, 0) is 30.8 Å². The van der Waals surface area contributed by atoms with Gasteiger partial charge >= 0.3 is 5.97 Å². The predicted molar refractivity (Wildman–Crippen MR) is 107 cm³/mol. The molecule has 0 fully saturated rings. The number of sulfonamides is 1. The number of hydrogen-bond donors (Lipinski definition) is 2. The van der Waals surface area contributed by atoms with Crippen molar-refractivity contribution in [1.82, 2.24) is 10.0 Å². The second-order valence-corrected chi connectivity index (χ2v) is 7.48. The van der Waals surface area contributed by atoms with Crippen LogP contribution in [0.4, 0.5) is 0 Å². The van der Waals surface area contributed by atoms with Gasteiger partial charge < -0.3 is 10.1 Å². The molecule has 0 aliphatic heterocycles. The van der Waals surface area contributed by atoms with Gasteiger partial charge in [0, 0.05) is 12.0 Å². The van der Waals surface area contributed by atoms with E-state index in [0.29, 0.717) is 18.5 Å². The third-order valence-corrected chi connectivity index (χ3v) is 4.64. The Kier molecular flexibility index (Phi) is 8.38. The summed E-state index contributed by atoms with van der Waals surface area (Å²) >= 11 is 0. The average molecular weight is 402 g/mol. The van der Waals surface area contributed by atoms with Crippen molar-refractivity contribution in [1.29, 1.82) is 0 Å². The molecule has 0 spiro atoms. The van der Waals surface area contributed by atoms with Crippen molar-refractivity contribution < 1.29 is 22.7 Å². The first-order valence-electron chi connectivity index (χ1n) is 8.64. The van der Waals surface area contributed by atoms with Crippen LogP contribution < -0.4 is 10.0 Å². The minimum atomic E-state index is -3.79. The Labute approximate surface area is 164 Å². The van der Waals surface area contributed by atoms with E-state index in [4.69, 9.17) is 4.74 Å². The van der Waals surface area contributed by atoms with Gasteiger partial charge in [-0.05, 0) is 23.6 Å². The van der Waals surface area contributed by atoms with Crippen LogP contribution in [0.25, 0.3) is 6.08 Å². The summed E-state index contributed by atoms with van der Waals surface area (Å²) < 4.78 is 30.5. The Morgan fingerprint density at radius 2 is 1.61 bits per heavy atom. The zero-order chi connectivity index (χ0) is 20.2. The van der Waals surface area contributed by atoms with Crippen LogP contribution in [0.3, 0.4) is 0 Å². The normalized spacial score (nSPS) is 11.3. The van der Waals surface area contributed by atoms with Crippen LogP contribution in [0.5, 0.6) is 0 Å². The summed E-state index contributed by atoms with van der Waals surface area (Å²) in [5, 5.41) is 3.60. The molecule has 0 aliphatic rings. The van der Waals surface area contributed by atoms with Gasteiger partial charge in [0.2, 0.25) is 10.0 Å². The van der Waals surface area contributed by atoms with Gasteiger partial charge in [-0.3, -0.25) is 9.59 Å². The van der Waals surface area contributed by atoms with Crippen LogP contribution in [-0.4, -0.2) is 40.0 Å². The van der Waals surface area contributed by atoms with Gasteiger partial charge in [0.1, 0.15) is 6.54 Å². The van der Waals surface area contributed by atoms with Gasteiger partial charge in [0.05, 0.1) is 0 Å². The molecule has 2 N–H and O–H groups in total. The molecule has 0 bridgehead atoms. The maximum Gasteiger partial charge on any atom is 0.321 e. The van der Waals surface area contributed by atoms with E-state index < -0.39 is 35.1 Å². The minimum Gasteiger partial charge on any atom is -0.455 e. The van der Waals surface area contributed by atoms with Crippen molar-refractivity contribution >= 4 is 28.0 Å². The Morgan fingerprint density at radius 3 is 2.29 bits per heavy atom. The fraction of sp³-hybridized carbons (Fsp3) is 0.200. The van der Waals surface area contributed by atoms with Crippen molar-refractivity contribution in [3.05, 3.63) is 77.2 Å². The first-order valence-corrected chi connectivity index (χ1v) is 10.2. The SMILES string of the molecule is O=C(COC(=O)CNS(=O)(=O)/C=C/c1ccccc1)NCCc1ccccc1. The lowest BCUT2D eigenvalue weighted by Gasteiger charge is -2.07. The van der Waals surface area contributed by atoms with E-state index in [2.05, 4.69) is 10.0 Å². The zero-order valence-electron chi connectivity index (χ0n) is 15.2. The van der Waals surface area contributed by atoms with Gasteiger partial charge in [-0.1, -0.05) is 60.7 Å². The van der Waals surface area contributed by atoms with Crippen molar-refractivity contribution in [2.24, 2.45) is 0 Å². The zero-order valence-corrected chi connectivity index (χ0v) is 16.0. The molecule has 148 valence electrons. The highest BCUT2D eigenvalue weighted by molar-refractivity contribution is 7.92. The molecule has 0 heterocycles. The van der Waals surface area contributed by atoms with E-state index in [1.165, 1.54) is 6.08 Å². The quantitative estimate of drug-likeness (QED) is 0.586. The van der Waals surface area contributed by atoms with Crippen LogP contribution in [0.15, 0.2) is 66.1 Å². The molecule has 2 aromatic rings. The van der Waals surface area contributed by atoms with Crippen molar-refractivity contribution in [3.63, 3.8) is 0 Å². The molecule has 0 saturated carbocycles. The van der Waals surface area contributed by atoms with E-state index in [1.54, 1.807) is 24.3 Å². The number of rotatable bonds is 10. The van der Waals surface area contributed by atoms with E-state index in [-0.39, 0.29) is 0 Å². The lowest BCUT2D eigenvalue weighted by atomic mass is 10.1. The summed E-state index contributed by atoms with van der Waals surface area (Å²) in [6, 6.07) is 18.5. The van der Waals surface area contributed by atoms with Crippen LogP contribution in [0.2, 0.25) is 0 Å². The number of carbonyl (C=O) groups excluding carboxylic acids is 2. The summed E-state index contributed by atoms with van der Waals surface area (Å²) in [6.07, 6.45) is 2.07. The van der Waals surface area contributed by atoms with Crippen molar-refractivity contribution in [2.75, 3.05) is 19.7 Å². The lowest BCUT2D eigenvalue weighted by molar-refractivity contribution is -0.147. The van der Waals surface area contributed by atoms with Gasteiger partial charge in [-0.2, -0.15) is 0 Å². The number of benzene rings is 2. The average Bonchev–Trinajstić information content (AvgIpc) is 2.71.